The maximum atomic E-state index is 13.7. The van der Waals surface area contributed by atoms with Crippen molar-refractivity contribution in [1.82, 2.24) is 15.2 Å². The average Bonchev–Trinajstić information content (AvgIpc) is 3.56. The maximum absolute atomic E-state index is 13.7. The second-order valence-electron chi connectivity index (χ2n) is 10.7. The molecule has 1 aliphatic heterocycles. The third-order valence-corrected chi connectivity index (χ3v) is 9.37. The Bertz CT molecular complexity index is 1270. The first-order valence-electron chi connectivity index (χ1n) is 13.4. The van der Waals surface area contributed by atoms with E-state index >= 15 is 0 Å². The number of hydrogen-bond donors (Lipinski definition) is 2. The van der Waals surface area contributed by atoms with Gasteiger partial charge in [-0.1, -0.05) is 41.7 Å². The molecule has 11 heteroatoms. The van der Waals surface area contributed by atoms with Crippen LogP contribution in [-0.2, 0) is 14.3 Å². The molecular weight excluding hydrogens is 521 g/mol. The Hall–Kier alpha value is -3.36. The number of carbonyl (C=O) groups excluding carboxylic acids is 3. The number of likely N-dealkylation sites (tertiary alicyclic amines) is 1. The molecule has 206 valence electrons. The fourth-order valence-corrected chi connectivity index (χ4v) is 6.95. The monoisotopic (exact) mass is 553 g/mol. The van der Waals surface area contributed by atoms with Gasteiger partial charge in [0.25, 0.3) is 0 Å². The average molecular weight is 554 g/mol. The molecule has 4 fully saturated rings. The van der Waals surface area contributed by atoms with Crippen molar-refractivity contribution in [3.05, 3.63) is 35.2 Å². The quantitative estimate of drug-likeness (QED) is 0.472. The summed E-state index contributed by atoms with van der Waals surface area (Å²) in [6.45, 7) is 2.01. The van der Waals surface area contributed by atoms with Gasteiger partial charge in [-0.25, -0.2) is 14.2 Å². The molecular formula is C28H32FN5O4S. The van der Waals surface area contributed by atoms with E-state index < -0.39 is 23.6 Å². The highest BCUT2D eigenvalue weighted by Gasteiger charge is 2.52. The third-order valence-electron chi connectivity index (χ3n) is 8.42. The second kappa shape index (κ2) is 11.0. The lowest BCUT2D eigenvalue weighted by Crippen LogP contribution is -2.59. The summed E-state index contributed by atoms with van der Waals surface area (Å²) < 4.78 is 19.0. The maximum Gasteiger partial charge on any atom is 0.350 e. The van der Waals surface area contributed by atoms with Gasteiger partial charge in [-0.15, -0.1) is 0 Å². The molecule has 6 rings (SSSR count). The van der Waals surface area contributed by atoms with Crippen LogP contribution >= 0.6 is 11.3 Å². The van der Waals surface area contributed by atoms with Crippen LogP contribution in [0.2, 0.25) is 0 Å². The molecule has 0 radical (unpaired) electrons. The zero-order valence-electron chi connectivity index (χ0n) is 21.9. The number of benzene rings is 1. The number of fused-ring (bicyclic) bond motifs is 3. The molecule has 1 unspecified atom stereocenters. The number of alkyl halides is 1. The van der Waals surface area contributed by atoms with Crippen molar-refractivity contribution < 1.29 is 23.5 Å². The number of amides is 2. The summed E-state index contributed by atoms with van der Waals surface area (Å²) in [7, 11) is 0. The van der Waals surface area contributed by atoms with Crippen molar-refractivity contribution in [3.8, 4) is 17.3 Å². The summed E-state index contributed by atoms with van der Waals surface area (Å²) in [6, 6.07) is 10.6. The van der Waals surface area contributed by atoms with Crippen LogP contribution in [0.25, 0.3) is 11.3 Å². The molecule has 2 heterocycles. The van der Waals surface area contributed by atoms with E-state index in [1.807, 2.05) is 36.4 Å². The molecule has 0 spiro atoms. The highest BCUT2D eigenvalue weighted by molar-refractivity contribution is 7.18. The van der Waals surface area contributed by atoms with Gasteiger partial charge >= 0.3 is 5.97 Å². The van der Waals surface area contributed by atoms with E-state index in [-0.39, 0.29) is 43.5 Å². The van der Waals surface area contributed by atoms with Gasteiger partial charge in [-0.2, -0.15) is 5.26 Å². The smallest absolute Gasteiger partial charge is 0.350 e. The van der Waals surface area contributed by atoms with Crippen molar-refractivity contribution in [1.29, 1.82) is 5.26 Å². The summed E-state index contributed by atoms with van der Waals surface area (Å²) in [5.41, 5.74) is 0.488. The number of hydrogen-bond acceptors (Lipinski definition) is 8. The molecule has 9 nitrogen and oxygen atoms in total. The number of ether oxygens (including phenoxy) is 1. The number of thiazole rings is 1. The third kappa shape index (κ3) is 5.40. The predicted molar refractivity (Wildman–Crippen MR) is 144 cm³/mol. The van der Waals surface area contributed by atoms with Crippen LogP contribution in [0, 0.1) is 16.7 Å². The molecule has 4 aliphatic rings. The Morgan fingerprint density at radius 2 is 1.87 bits per heavy atom. The first-order valence-corrected chi connectivity index (χ1v) is 14.2. The minimum absolute atomic E-state index is 0.0321. The number of nitrogens with zero attached hydrogens (tertiary/aromatic N) is 3. The van der Waals surface area contributed by atoms with Gasteiger partial charge in [-0.05, 0) is 45.4 Å². The van der Waals surface area contributed by atoms with Crippen LogP contribution in [0.15, 0.2) is 30.3 Å². The zero-order chi connectivity index (χ0) is 27.6. The second-order valence-corrected chi connectivity index (χ2v) is 11.7. The highest BCUT2D eigenvalue weighted by Crippen LogP contribution is 2.53. The Morgan fingerprint density at radius 1 is 1.18 bits per heavy atom. The first kappa shape index (κ1) is 27.2. The van der Waals surface area contributed by atoms with Crippen molar-refractivity contribution >= 4 is 34.3 Å². The van der Waals surface area contributed by atoms with Gasteiger partial charge in [0.05, 0.1) is 31.5 Å². The Balaban J connectivity index is 1.22. The van der Waals surface area contributed by atoms with E-state index in [0.29, 0.717) is 35.0 Å². The number of anilines is 1. The van der Waals surface area contributed by atoms with Gasteiger partial charge in [0.1, 0.15) is 17.1 Å². The number of esters is 1. The van der Waals surface area contributed by atoms with E-state index in [4.69, 9.17) is 4.74 Å². The molecule has 39 heavy (non-hydrogen) atoms. The molecule has 3 saturated carbocycles. The number of carbonyl (C=O) groups is 3. The lowest BCUT2D eigenvalue weighted by molar-refractivity contribution is -0.135. The minimum Gasteiger partial charge on any atom is -0.462 e. The van der Waals surface area contributed by atoms with Crippen LogP contribution < -0.4 is 10.6 Å². The zero-order valence-corrected chi connectivity index (χ0v) is 22.7. The molecule has 2 atom stereocenters. The normalized spacial score (nSPS) is 27.7. The first-order chi connectivity index (χ1) is 18.8. The number of halogens is 1. The van der Waals surface area contributed by atoms with Crippen LogP contribution in [0.1, 0.15) is 61.5 Å². The molecule has 2 bridgehead atoms. The molecule has 2 N–H and O–H groups in total. The van der Waals surface area contributed by atoms with Crippen LogP contribution in [0.4, 0.5) is 9.52 Å². The fraction of sp³-hybridized carbons (Fsp3) is 0.536. The van der Waals surface area contributed by atoms with E-state index in [1.54, 1.807) is 6.92 Å². The lowest BCUT2D eigenvalue weighted by Gasteiger charge is -2.52. The van der Waals surface area contributed by atoms with Crippen LogP contribution in [0.5, 0.6) is 0 Å². The summed E-state index contributed by atoms with van der Waals surface area (Å²) in [6.07, 6.45) is 3.12. The number of aromatic nitrogens is 1. The molecule has 1 saturated heterocycles. The highest BCUT2D eigenvalue weighted by atomic mass is 32.1. The molecule has 2 amide bonds. The molecule has 1 aromatic heterocycles. The fourth-order valence-electron chi connectivity index (χ4n) is 6.07. The molecule has 3 aliphatic carbocycles. The summed E-state index contributed by atoms with van der Waals surface area (Å²) in [4.78, 5) is 45.1. The van der Waals surface area contributed by atoms with Gasteiger partial charge < -0.3 is 20.3 Å². The van der Waals surface area contributed by atoms with Gasteiger partial charge in [0, 0.05) is 22.9 Å². The predicted octanol–water partition coefficient (Wildman–Crippen LogP) is 4.07. The number of nitrogens with one attached hydrogen (secondary N) is 2. The van der Waals surface area contributed by atoms with Crippen molar-refractivity contribution in [2.24, 2.45) is 5.41 Å². The van der Waals surface area contributed by atoms with Crippen LogP contribution in [0.3, 0.4) is 0 Å². The minimum atomic E-state index is -1.16. The summed E-state index contributed by atoms with van der Waals surface area (Å²) in [5.74, 6) is -0.824. The van der Waals surface area contributed by atoms with E-state index in [1.165, 1.54) is 4.90 Å². The molecule has 2 aromatic rings. The van der Waals surface area contributed by atoms with E-state index in [9.17, 15) is 24.0 Å². The van der Waals surface area contributed by atoms with Crippen molar-refractivity contribution in [3.63, 3.8) is 0 Å². The van der Waals surface area contributed by atoms with Gasteiger partial charge in [0.15, 0.2) is 5.13 Å². The standard InChI is InChI=1S/C28H32FN5O4S/c1-2-38-24(36)23-22(18-6-4-3-5-7-18)32-26(39-23)33-25(37)27-8-11-28(12-9-27,13-10-27)31-16-21(35)34-17-19(29)14-20(34)15-30/h3-7,19-20,31H,2,8-14,16-17H2,1H3,(H,32,33,37)/t19-,20?,27?,28?/m0/s1. The Kier molecular flexibility index (Phi) is 7.69. The van der Waals surface area contributed by atoms with Crippen LogP contribution in [-0.4, -0.2) is 65.1 Å². The SMILES string of the molecule is CCOC(=O)c1sc(NC(=O)C23CCC(NCC(=O)N4C[C@@H](F)CC4C#N)(CC2)CC3)nc1-c1ccccc1. The van der Waals surface area contributed by atoms with Crippen molar-refractivity contribution in [2.45, 2.75) is 69.6 Å². The largest absolute Gasteiger partial charge is 0.462 e. The molecule has 1 aromatic carbocycles. The van der Waals surface area contributed by atoms with Gasteiger partial charge in [0.2, 0.25) is 11.8 Å². The Morgan fingerprint density at radius 3 is 2.51 bits per heavy atom. The van der Waals surface area contributed by atoms with E-state index in [0.717, 1.165) is 36.2 Å². The topological polar surface area (TPSA) is 124 Å². The lowest BCUT2D eigenvalue weighted by atomic mass is 9.57. The number of nitriles is 1. The summed E-state index contributed by atoms with van der Waals surface area (Å²) >= 11 is 1.12. The number of rotatable bonds is 8. The van der Waals surface area contributed by atoms with E-state index in [2.05, 4.69) is 15.6 Å². The summed E-state index contributed by atoms with van der Waals surface area (Å²) in [5, 5.41) is 16.0. The van der Waals surface area contributed by atoms with Crippen molar-refractivity contribution in [2.75, 3.05) is 25.0 Å². The van der Waals surface area contributed by atoms with Gasteiger partial charge in [-0.3, -0.25) is 9.59 Å². The Labute approximate surface area is 230 Å².